The van der Waals surface area contributed by atoms with Crippen LogP contribution in [0, 0.1) is 0 Å². The van der Waals surface area contributed by atoms with Gasteiger partial charge in [-0.25, -0.2) is 8.42 Å². The van der Waals surface area contributed by atoms with E-state index in [0.29, 0.717) is 6.54 Å². The van der Waals surface area contributed by atoms with Crippen LogP contribution in [0.3, 0.4) is 0 Å². The van der Waals surface area contributed by atoms with Gasteiger partial charge in [-0.05, 0) is 25.1 Å². The van der Waals surface area contributed by atoms with E-state index >= 15 is 0 Å². The van der Waals surface area contributed by atoms with Gasteiger partial charge in [-0.3, -0.25) is 14.6 Å². The van der Waals surface area contributed by atoms with Crippen LogP contribution in [0.15, 0.2) is 94.8 Å². The topological polar surface area (TPSA) is 108 Å². The van der Waals surface area contributed by atoms with Crippen molar-refractivity contribution < 1.29 is 18.0 Å². The molecular weight excluding hydrogens is 488 g/mol. The molecule has 0 saturated heterocycles. The molecule has 1 heterocycles. The lowest BCUT2D eigenvalue weighted by atomic mass is 10.0. The average Bonchev–Trinajstić information content (AvgIpc) is 3.05. The summed E-state index contributed by atoms with van der Waals surface area (Å²) < 4.78 is 24.9. The van der Waals surface area contributed by atoms with Crippen molar-refractivity contribution in [3.8, 4) is 0 Å². The van der Waals surface area contributed by atoms with Crippen molar-refractivity contribution in [2.45, 2.75) is 30.4 Å². The molecule has 2 N–H and O–H groups in total. The van der Waals surface area contributed by atoms with E-state index in [0.717, 1.165) is 22.5 Å². The Morgan fingerprint density at radius 1 is 0.973 bits per heavy atom. The van der Waals surface area contributed by atoms with E-state index in [1.165, 1.54) is 12.1 Å². The molecule has 0 aromatic heterocycles. The third kappa shape index (κ3) is 6.42. The number of benzene rings is 3. The van der Waals surface area contributed by atoms with Gasteiger partial charge in [0.1, 0.15) is 12.2 Å². The quantitative estimate of drug-likeness (QED) is 0.477. The summed E-state index contributed by atoms with van der Waals surface area (Å²) in [6.45, 7) is 2.00. The monoisotopic (exact) mass is 518 g/mol. The zero-order valence-electron chi connectivity index (χ0n) is 20.8. The van der Waals surface area contributed by atoms with Crippen molar-refractivity contribution in [1.82, 2.24) is 10.6 Å². The number of aliphatic imine (C=N–C) groups is 1. The molecule has 192 valence electrons. The number of sulfone groups is 1. The Hall–Kier alpha value is -3.98. The number of fused-ring (bicyclic) bond motifs is 1. The molecule has 3 aromatic rings. The maximum Gasteiger partial charge on any atom is 0.243 e. The van der Waals surface area contributed by atoms with Crippen molar-refractivity contribution in [2.24, 2.45) is 4.99 Å². The second-order valence-electron chi connectivity index (χ2n) is 8.94. The molecule has 4 rings (SSSR count). The number of para-hydroxylation sites is 1. The molecule has 2 amide bonds. The minimum atomic E-state index is -3.59. The Bertz CT molecular complexity index is 1390. The van der Waals surface area contributed by atoms with E-state index in [1.54, 1.807) is 25.1 Å². The number of carbonyl (C=O) groups is 2. The second kappa shape index (κ2) is 11.4. The number of hydrogen-bond acceptors (Lipinski definition) is 6. The van der Waals surface area contributed by atoms with Crippen LogP contribution in [0.1, 0.15) is 24.5 Å². The largest absolute Gasteiger partial charge is 0.370 e. The Labute approximate surface area is 217 Å². The maximum atomic E-state index is 13.0. The molecular formula is C28H30N4O4S. The molecule has 8 nitrogen and oxygen atoms in total. The third-order valence-corrected chi connectivity index (χ3v) is 7.86. The number of likely N-dealkylation sites (N-methyl/N-ethyl adjacent to an activating group) is 1. The van der Waals surface area contributed by atoms with Gasteiger partial charge in [0.25, 0.3) is 0 Å². The molecule has 3 aromatic carbocycles. The highest BCUT2D eigenvalue weighted by Gasteiger charge is 2.26. The molecule has 0 bridgehead atoms. The fraction of sp³-hybridized carbons (Fsp3) is 0.250. The highest BCUT2D eigenvalue weighted by atomic mass is 32.2. The number of amides is 2. The number of hydrogen-bond donors (Lipinski definition) is 2. The smallest absolute Gasteiger partial charge is 0.243 e. The maximum absolute atomic E-state index is 13.0. The summed E-state index contributed by atoms with van der Waals surface area (Å²) in [6.07, 6.45) is -0.801. The van der Waals surface area contributed by atoms with Crippen molar-refractivity contribution in [1.29, 1.82) is 0 Å². The SMILES string of the molecule is C[C@H](NC(=O)CCS(=O)(=O)c1ccccc1)C(=O)N[C@@H]1CN(C)c2ccccc2C(c2ccccc2)=N1. The van der Waals surface area contributed by atoms with Gasteiger partial charge in [0.15, 0.2) is 9.84 Å². The van der Waals surface area contributed by atoms with E-state index in [1.807, 2.05) is 66.5 Å². The fourth-order valence-corrected chi connectivity index (χ4v) is 5.44. The molecule has 1 aliphatic rings. The zero-order valence-corrected chi connectivity index (χ0v) is 21.6. The van der Waals surface area contributed by atoms with E-state index in [2.05, 4.69) is 10.6 Å². The summed E-state index contributed by atoms with van der Waals surface area (Å²) in [4.78, 5) is 32.5. The van der Waals surface area contributed by atoms with Gasteiger partial charge in [0.2, 0.25) is 11.8 Å². The van der Waals surface area contributed by atoms with Crippen LogP contribution < -0.4 is 15.5 Å². The fourth-order valence-electron chi connectivity index (χ4n) is 4.18. The molecule has 2 atom stereocenters. The van der Waals surface area contributed by atoms with Crippen molar-refractivity contribution in [3.05, 3.63) is 96.1 Å². The Morgan fingerprint density at radius 3 is 2.30 bits per heavy atom. The minimum Gasteiger partial charge on any atom is -0.370 e. The first-order valence-corrected chi connectivity index (χ1v) is 13.7. The van der Waals surface area contributed by atoms with Crippen molar-refractivity contribution in [3.63, 3.8) is 0 Å². The summed E-state index contributed by atoms with van der Waals surface area (Å²) in [7, 11) is -1.64. The van der Waals surface area contributed by atoms with Gasteiger partial charge < -0.3 is 15.5 Å². The second-order valence-corrected chi connectivity index (χ2v) is 11.0. The summed E-state index contributed by atoms with van der Waals surface area (Å²) >= 11 is 0. The highest BCUT2D eigenvalue weighted by molar-refractivity contribution is 7.91. The van der Waals surface area contributed by atoms with Gasteiger partial charge in [0.05, 0.1) is 22.9 Å². The number of carbonyl (C=O) groups excluding carboxylic acids is 2. The molecule has 37 heavy (non-hydrogen) atoms. The molecule has 0 fully saturated rings. The van der Waals surface area contributed by atoms with Gasteiger partial charge >= 0.3 is 0 Å². The summed E-state index contributed by atoms with van der Waals surface area (Å²) in [6, 6.07) is 24.9. The standard InChI is InChI=1S/C28H30N4O4S/c1-20(29-26(33)17-18-37(35,36)22-13-7-4-8-14-22)28(34)31-25-19-32(2)24-16-10-9-15-23(24)27(30-25)21-11-5-3-6-12-21/h3-16,20,25H,17-19H2,1-2H3,(H,29,33)(H,31,34)/t20-,25+/m0/s1. The molecule has 0 unspecified atom stereocenters. The number of nitrogens with one attached hydrogen (secondary N) is 2. The summed E-state index contributed by atoms with van der Waals surface area (Å²) in [5.74, 6) is -1.26. The van der Waals surface area contributed by atoms with E-state index in [4.69, 9.17) is 4.99 Å². The predicted octanol–water partition coefficient (Wildman–Crippen LogP) is 2.78. The highest BCUT2D eigenvalue weighted by Crippen LogP contribution is 2.26. The Kier molecular flexibility index (Phi) is 8.03. The van der Waals surface area contributed by atoms with E-state index in [9.17, 15) is 18.0 Å². The van der Waals surface area contributed by atoms with E-state index in [-0.39, 0.29) is 17.1 Å². The molecule has 0 spiro atoms. The van der Waals surface area contributed by atoms with Crippen LogP contribution in [0.5, 0.6) is 0 Å². The molecule has 1 aliphatic heterocycles. The lowest BCUT2D eigenvalue weighted by molar-refractivity contribution is -0.128. The van der Waals surface area contributed by atoms with Gasteiger partial charge in [-0.1, -0.05) is 66.7 Å². The van der Waals surface area contributed by atoms with Crippen LogP contribution in [0.25, 0.3) is 0 Å². The van der Waals surface area contributed by atoms with Crippen LogP contribution in [-0.4, -0.2) is 57.5 Å². The number of benzodiazepines with no additional fused rings is 1. The Morgan fingerprint density at radius 2 is 1.59 bits per heavy atom. The number of nitrogens with zero attached hydrogens (tertiary/aromatic N) is 2. The van der Waals surface area contributed by atoms with E-state index < -0.39 is 33.9 Å². The average molecular weight is 519 g/mol. The Balaban J connectivity index is 1.42. The summed E-state index contributed by atoms with van der Waals surface area (Å²) in [5.41, 5.74) is 3.68. The lowest BCUT2D eigenvalue weighted by Crippen LogP contribution is -2.50. The third-order valence-electron chi connectivity index (χ3n) is 6.13. The van der Waals surface area contributed by atoms with Crippen LogP contribution >= 0.6 is 0 Å². The molecule has 0 aliphatic carbocycles. The number of rotatable bonds is 8. The van der Waals surface area contributed by atoms with Crippen molar-refractivity contribution in [2.75, 3.05) is 24.2 Å². The normalized spacial score (nSPS) is 16.1. The first-order chi connectivity index (χ1) is 17.7. The number of anilines is 1. The molecule has 9 heteroatoms. The van der Waals surface area contributed by atoms with Crippen molar-refractivity contribution >= 4 is 33.1 Å². The van der Waals surface area contributed by atoms with Gasteiger partial charge in [-0.2, -0.15) is 0 Å². The minimum absolute atomic E-state index is 0.166. The predicted molar refractivity (Wildman–Crippen MR) is 144 cm³/mol. The van der Waals surface area contributed by atoms with Crippen LogP contribution in [-0.2, 0) is 19.4 Å². The lowest BCUT2D eigenvalue weighted by Gasteiger charge is -2.24. The van der Waals surface area contributed by atoms with Crippen LogP contribution in [0.2, 0.25) is 0 Å². The van der Waals surface area contributed by atoms with Gasteiger partial charge in [-0.15, -0.1) is 0 Å². The molecule has 0 saturated carbocycles. The zero-order chi connectivity index (χ0) is 26.4. The molecule has 0 radical (unpaired) electrons. The summed E-state index contributed by atoms with van der Waals surface area (Å²) in [5, 5.41) is 5.53. The first kappa shape index (κ1) is 26.1. The van der Waals surface area contributed by atoms with Crippen LogP contribution in [0.4, 0.5) is 5.69 Å². The first-order valence-electron chi connectivity index (χ1n) is 12.1. The van der Waals surface area contributed by atoms with Gasteiger partial charge in [0, 0.05) is 30.3 Å².